The van der Waals surface area contributed by atoms with Crippen LogP contribution in [-0.4, -0.2) is 36.0 Å². The number of carbonyl (C=O) groups is 1. The van der Waals surface area contributed by atoms with Crippen molar-refractivity contribution in [2.24, 2.45) is 0 Å². The van der Waals surface area contributed by atoms with Crippen molar-refractivity contribution in [2.45, 2.75) is 46.2 Å². The number of benzene rings is 1. The smallest absolute Gasteiger partial charge is 0.227 e. The van der Waals surface area contributed by atoms with Crippen LogP contribution in [0.25, 0.3) is 0 Å². The maximum absolute atomic E-state index is 12.6. The molecule has 3 heteroatoms. The van der Waals surface area contributed by atoms with E-state index in [-0.39, 0.29) is 18.0 Å². The van der Waals surface area contributed by atoms with Crippen molar-refractivity contribution >= 4 is 5.91 Å². The Morgan fingerprint density at radius 2 is 1.89 bits per heavy atom. The third-order valence-corrected chi connectivity index (χ3v) is 3.96. The second-order valence-corrected chi connectivity index (χ2v) is 5.76. The number of nitrogens with one attached hydrogen (secondary N) is 1. The Balaban J connectivity index is 2.13. The van der Waals surface area contributed by atoms with Crippen LogP contribution >= 0.6 is 0 Å². The van der Waals surface area contributed by atoms with E-state index in [1.54, 1.807) is 0 Å². The average Bonchev–Trinajstić information content (AvgIpc) is 2.33. The first kappa shape index (κ1) is 14.1. The van der Waals surface area contributed by atoms with Crippen LogP contribution in [0.1, 0.15) is 30.5 Å². The maximum Gasteiger partial charge on any atom is 0.227 e. The summed E-state index contributed by atoms with van der Waals surface area (Å²) in [5.74, 6) is 0.246. The topological polar surface area (TPSA) is 32.3 Å². The summed E-state index contributed by atoms with van der Waals surface area (Å²) >= 11 is 0. The van der Waals surface area contributed by atoms with Crippen molar-refractivity contribution in [2.75, 3.05) is 13.1 Å². The van der Waals surface area contributed by atoms with Crippen LogP contribution < -0.4 is 5.32 Å². The largest absolute Gasteiger partial charge is 0.334 e. The third kappa shape index (κ3) is 3.16. The quantitative estimate of drug-likeness (QED) is 0.882. The van der Waals surface area contributed by atoms with Gasteiger partial charge in [0.05, 0.1) is 6.42 Å². The molecule has 0 bridgehead atoms. The zero-order chi connectivity index (χ0) is 14.0. The summed E-state index contributed by atoms with van der Waals surface area (Å²) in [6.45, 7) is 10.2. The predicted molar refractivity (Wildman–Crippen MR) is 78.3 cm³/mol. The number of nitrogens with zero attached hydrogens (tertiary/aromatic N) is 1. The molecule has 2 rings (SSSR count). The Morgan fingerprint density at radius 1 is 1.26 bits per heavy atom. The summed E-state index contributed by atoms with van der Waals surface area (Å²) < 4.78 is 0. The molecule has 1 heterocycles. The number of aryl methyl sites for hydroxylation is 2. The summed E-state index contributed by atoms with van der Waals surface area (Å²) in [5.41, 5.74) is 3.58. The summed E-state index contributed by atoms with van der Waals surface area (Å²) in [4.78, 5) is 14.6. The average molecular weight is 260 g/mol. The lowest BCUT2D eigenvalue weighted by Gasteiger charge is -2.39. The van der Waals surface area contributed by atoms with Crippen molar-refractivity contribution < 1.29 is 4.79 Å². The Hall–Kier alpha value is -1.35. The fraction of sp³-hybridized carbons (Fsp3) is 0.562. The second-order valence-electron chi connectivity index (χ2n) is 5.76. The Kier molecular flexibility index (Phi) is 4.25. The number of rotatable bonds is 2. The first-order valence-corrected chi connectivity index (χ1v) is 7.07. The van der Waals surface area contributed by atoms with Crippen LogP contribution in [0.5, 0.6) is 0 Å². The molecule has 2 unspecified atom stereocenters. The Bertz CT molecular complexity index is 460. The third-order valence-electron chi connectivity index (χ3n) is 3.96. The lowest BCUT2D eigenvalue weighted by molar-refractivity contribution is -0.135. The highest BCUT2D eigenvalue weighted by molar-refractivity contribution is 5.80. The number of amides is 1. The van der Waals surface area contributed by atoms with E-state index in [2.05, 4.69) is 51.2 Å². The van der Waals surface area contributed by atoms with Gasteiger partial charge in [0.2, 0.25) is 5.91 Å². The molecule has 1 aliphatic heterocycles. The highest BCUT2D eigenvalue weighted by Crippen LogP contribution is 2.16. The Morgan fingerprint density at radius 3 is 2.53 bits per heavy atom. The molecule has 1 N–H and O–H groups in total. The fourth-order valence-corrected chi connectivity index (χ4v) is 2.87. The van der Waals surface area contributed by atoms with Gasteiger partial charge in [0.15, 0.2) is 0 Å². The Labute approximate surface area is 116 Å². The van der Waals surface area contributed by atoms with Crippen molar-refractivity contribution in [3.05, 3.63) is 34.9 Å². The molecule has 2 atom stereocenters. The normalized spacial score (nSPS) is 23.5. The number of hydrogen-bond donors (Lipinski definition) is 1. The molecule has 1 aliphatic rings. The van der Waals surface area contributed by atoms with Gasteiger partial charge in [0, 0.05) is 25.2 Å². The van der Waals surface area contributed by atoms with E-state index in [1.165, 1.54) is 11.1 Å². The molecule has 1 aromatic carbocycles. The van der Waals surface area contributed by atoms with Gasteiger partial charge in [-0.05, 0) is 38.8 Å². The van der Waals surface area contributed by atoms with Crippen molar-refractivity contribution in [3.63, 3.8) is 0 Å². The van der Waals surface area contributed by atoms with Crippen molar-refractivity contribution in [1.82, 2.24) is 10.2 Å². The summed E-state index contributed by atoms with van der Waals surface area (Å²) in [7, 11) is 0. The van der Waals surface area contributed by atoms with Gasteiger partial charge in [0.1, 0.15) is 0 Å². The van der Waals surface area contributed by atoms with Gasteiger partial charge in [-0.3, -0.25) is 4.79 Å². The SMILES string of the molecule is Cc1ccc(C)c(CC(=O)N2C(C)CNCC2C)c1. The van der Waals surface area contributed by atoms with Crippen LogP contribution in [0.15, 0.2) is 18.2 Å². The molecule has 0 aliphatic carbocycles. The van der Waals surface area contributed by atoms with Gasteiger partial charge in [0.25, 0.3) is 0 Å². The molecule has 1 fully saturated rings. The van der Waals surface area contributed by atoms with Gasteiger partial charge in [-0.15, -0.1) is 0 Å². The molecule has 19 heavy (non-hydrogen) atoms. The minimum Gasteiger partial charge on any atom is -0.334 e. The molecular formula is C16H24N2O. The number of hydrogen-bond acceptors (Lipinski definition) is 2. The molecular weight excluding hydrogens is 236 g/mol. The second kappa shape index (κ2) is 5.74. The summed E-state index contributed by atoms with van der Waals surface area (Å²) in [6.07, 6.45) is 0.516. The zero-order valence-electron chi connectivity index (χ0n) is 12.4. The van der Waals surface area contributed by atoms with Crippen LogP contribution in [0.4, 0.5) is 0 Å². The standard InChI is InChI=1S/C16H24N2O/c1-11-5-6-12(2)15(7-11)8-16(19)18-13(3)9-17-10-14(18)4/h5-7,13-14,17H,8-10H2,1-4H3. The lowest BCUT2D eigenvalue weighted by atomic mass is 10.0. The van der Waals surface area contributed by atoms with Crippen LogP contribution in [-0.2, 0) is 11.2 Å². The lowest BCUT2D eigenvalue weighted by Crippen LogP contribution is -2.57. The van der Waals surface area contributed by atoms with Gasteiger partial charge in [-0.25, -0.2) is 0 Å². The van der Waals surface area contributed by atoms with Crippen LogP contribution in [0.2, 0.25) is 0 Å². The molecule has 1 saturated heterocycles. The molecule has 3 nitrogen and oxygen atoms in total. The van der Waals surface area contributed by atoms with Crippen molar-refractivity contribution in [1.29, 1.82) is 0 Å². The monoisotopic (exact) mass is 260 g/mol. The molecule has 0 spiro atoms. The number of carbonyl (C=O) groups excluding carboxylic acids is 1. The van der Waals surface area contributed by atoms with E-state index < -0.39 is 0 Å². The molecule has 0 saturated carbocycles. The first-order chi connectivity index (χ1) is 8.99. The molecule has 1 amide bonds. The van der Waals surface area contributed by atoms with Gasteiger partial charge >= 0.3 is 0 Å². The van der Waals surface area contributed by atoms with E-state index in [0.29, 0.717) is 6.42 Å². The van der Waals surface area contributed by atoms with E-state index in [0.717, 1.165) is 18.7 Å². The van der Waals surface area contributed by atoms with Gasteiger partial charge in [-0.2, -0.15) is 0 Å². The van der Waals surface area contributed by atoms with E-state index in [9.17, 15) is 4.79 Å². The van der Waals surface area contributed by atoms with E-state index in [1.807, 2.05) is 4.90 Å². The fourth-order valence-electron chi connectivity index (χ4n) is 2.87. The predicted octanol–water partition coefficient (Wildman–Crippen LogP) is 2.05. The highest BCUT2D eigenvalue weighted by Gasteiger charge is 2.28. The van der Waals surface area contributed by atoms with Crippen molar-refractivity contribution in [3.8, 4) is 0 Å². The maximum atomic E-state index is 12.6. The summed E-state index contributed by atoms with van der Waals surface area (Å²) in [5, 5.41) is 3.36. The van der Waals surface area contributed by atoms with Crippen LogP contribution in [0.3, 0.4) is 0 Å². The summed E-state index contributed by atoms with van der Waals surface area (Å²) in [6, 6.07) is 6.88. The van der Waals surface area contributed by atoms with Gasteiger partial charge < -0.3 is 10.2 Å². The molecule has 0 aromatic heterocycles. The molecule has 1 aromatic rings. The van der Waals surface area contributed by atoms with E-state index in [4.69, 9.17) is 0 Å². The highest BCUT2D eigenvalue weighted by atomic mass is 16.2. The molecule has 104 valence electrons. The number of piperazine rings is 1. The first-order valence-electron chi connectivity index (χ1n) is 7.07. The van der Waals surface area contributed by atoms with E-state index >= 15 is 0 Å². The van der Waals surface area contributed by atoms with Crippen LogP contribution in [0, 0.1) is 13.8 Å². The van der Waals surface area contributed by atoms with Gasteiger partial charge in [-0.1, -0.05) is 23.8 Å². The minimum atomic E-state index is 0.246. The zero-order valence-corrected chi connectivity index (χ0v) is 12.4. The minimum absolute atomic E-state index is 0.246. The molecule has 0 radical (unpaired) electrons.